The zero-order valence-electron chi connectivity index (χ0n) is 14.7. The van der Waals surface area contributed by atoms with Crippen molar-refractivity contribution in [2.45, 2.75) is 17.9 Å². The zero-order chi connectivity index (χ0) is 19.3. The summed E-state index contributed by atoms with van der Waals surface area (Å²) in [4.78, 5) is 12.2. The van der Waals surface area contributed by atoms with Gasteiger partial charge in [-0.1, -0.05) is 23.7 Å². The third-order valence-corrected chi connectivity index (χ3v) is 6.47. The summed E-state index contributed by atoms with van der Waals surface area (Å²) in [6.07, 6.45) is 0.770. The fourth-order valence-electron chi connectivity index (χ4n) is 2.83. The van der Waals surface area contributed by atoms with E-state index in [1.54, 1.807) is 24.3 Å². The number of hydrogen-bond donors (Lipinski definition) is 2. The van der Waals surface area contributed by atoms with Crippen LogP contribution in [0.4, 0.5) is 10.5 Å². The molecule has 1 atom stereocenters. The van der Waals surface area contributed by atoms with Crippen LogP contribution < -0.4 is 10.6 Å². The van der Waals surface area contributed by atoms with E-state index in [0.29, 0.717) is 30.5 Å². The Balaban J connectivity index is 1.53. The zero-order valence-corrected chi connectivity index (χ0v) is 16.2. The highest BCUT2D eigenvalue weighted by Crippen LogP contribution is 2.21. The summed E-state index contributed by atoms with van der Waals surface area (Å²) in [6.45, 7) is 1.47. The Morgan fingerprint density at radius 3 is 2.44 bits per heavy atom. The van der Waals surface area contributed by atoms with Crippen LogP contribution in [0.5, 0.6) is 0 Å². The van der Waals surface area contributed by atoms with Crippen LogP contribution in [0, 0.1) is 5.92 Å². The van der Waals surface area contributed by atoms with Crippen LogP contribution >= 0.6 is 11.6 Å². The number of benzene rings is 2. The predicted molar refractivity (Wildman–Crippen MR) is 105 cm³/mol. The van der Waals surface area contributed by atoms with Gasteiger partial charge >= 0.3 is 6.03 Å². The molecule has 1 aliphatic rings. The normalized spacial score (nSPS) is 16.9. The van der Waals surface area contributed by atoms with Crippen LogP contribution in [-0.4, -0.2) is 33.4 Å². The molecule has 2 N–H and O–H groups in total. The number of rotatable bonds is 6. The molecule has 6 nitrogen and oxygen atoms in total. The minimum atomic E-state index is -3.36. The molecular formula is C19H21ClN2O4S. The lowest BCUT2D eigenvalue weighted by atomic mass is 10.2. The molecule has 0 radical (unpaired) electrons. The quantitative estimate of drug-likeness (QED) is 0.766. The molecule has 3 rings (SSSR count). The van der Waals surface area contributed by atoms with Crippen molar-refractivity contribution in [1.29, 1.82) is 0 Å². The standard InChI is InChI=1S/C19H21ClN2O4S/c20-16-3-1-14(2-4-16)11-21-19(23)22-17-5-7-18(8-6-17)27(24,25)13-15-9-10-26-12-15/h1-8,15H,9-13H2,(H2,21,22,23). The van der Waals surface area contributed by atoms with E-state index in [0.717, 1.165) is 12.0 Å². The second kappa shape index (κ2) is 8.73. The Bertz CT molecular complexity index is 877. The summed E-state index contributed by atoms with van der Waals surface area (Å²) in [5, 5.41) is 6.06. The Hall–Kier alpha value is -2.09. The minimum absolute atomic E-state index is 0.0476. The molecule has 1 heterocycles. The highest BCUT2D eigenvalue weighted by atomic mass is 35.5. The number of anilines is 1. The van der Waals surface area contributed by atoms with Crippen LogP contribution in [0.3, 0.4) is 0 Å². The largest absolute Gasteiger partial charge is 0.381 e. The molecule has 0 saturated carbocycles. The molecule has 1 unspecified atom stereocenters. The maximum Gasteiger partial charge on any atom is 0.319 e. The van der Waals surface area contributed by atoms with Gasteiger partial charge in [0.1, 0.15) is 0 Å². The second-order valence-corrected chi connectivity index (χ2v) is 8.94. The summed E-state index contributed by atoms with van der Waals surface area (Å²) < 4.78 is 30.1. The Kier molecular flexibility index (Phi) is 6.36. The molecule has 1 saturated heterocycles. The first-order valence-electron chi connectivity index (χ1n) is 8.62. The first-order valence-corrected chi connectivity index (χ1v) is 10.7. The maximum absolute atomic E-state index is 12.4. The van der Waals surface area contributed by atoms with Gasteiger partial charge in [0.2, 0.25) is 0 Å². The smallest absolute Gasteiger partial charge is 0.319 e. The summed E-state index contributed by atoms with van der Waals surface area (Å²) in [6, 6.07) is 13.0. The third kappa shape index (κ3) is 5.69. The van der Waals surface area contributed by atoms with Crippen LogP contribution in [0.15, 0.2) is 53.4 Å². The van der Waals surface area contributed by atoms with Gasteiger partial charge in [-0.25, -0.2) is 13.2 Å². The number of carbonyl (C=O) groups is 1. The number of halogens is 1. The molecule has 27 heavy (non-hydrogen) atoms. The van der Waals surface area contributed by atoms with Crippen molar-refractivity contribution in [3.8, 4) is 0 Å². The molecule has 0 spiro atoms. The summed E-state index contributed by atoms with van der Waals surface area (Å²) >= 11 is 5.83. The van der Waals surface area contributed by atoms with E-state index in [4.69, 9.17) is 16.3 Å². The highest BCUT2D eigenvalue weighted by molar-refractivity contribution is 7.91. The molecule has 2 amide bonds. The summed E-state index contributed by atoms with van der Waals surface area (Å²) in [7, 11) is -3.36. The van der Waals surface area contributed by atoms with Gasteiger partial charge in [-0.3, -0.25) is 0 Å². The number of nitrogens with one attached hydrogen (secondary N) is 2. The number of sulfone groups is 1. The van der Waals surface area contributed by atoms with E-state index in [9.17, 15) is 13.2 Å². The van der Waals surface area contributed by atoms with Gasteiger partial charge in [-0.05, 0) is 54.3 Å². The molecule has 1 fully saturated rings. The summed E-state index contributed by atoms with van der Waals surface area (Å²) in [5.41, 5.74) is 1.44. The molecule has 0 bridgehead atoms. The molecule has 0 aromatic heterocycles. The van der Waals surface area contributed by atoms with Crippen molar-refractivity contribution in [3.63, 3.8) is 0 Å². The molecule has 2 aromatic carbocycles. The number of urea groups is 1. The first-order chi connectivity index (χ1) is 12.9. The van der Waals surface area contributed by atoms with Crippen molar-refractivity contribution in [2.75, 3.05) is 24.3 Å². The van der Waals surface area contributed by atoms with Crippen molar-refractivity contribution in [2.24, 2.45) is 5.92 Å². The van der Waals surface area contributed by atoms with Gasteiger partial charge in [0.05, 0.1) is 17.3 Å². The Morgan fingerprint density at radius 2 is 1.81 bits per heavy atom. The third-order valence-electron chi connectivity index (χ3n) is 4.32. The SMILES string of the molecule is O=C(NCc1ccc(Cl)cc1)Nc1ccc(S(=O)(=O)CC2CCOC2)cc1. The molecule has 144 valence electrons. The van der Waals surface area contributed by atoms with Crippen LogP contribution in [0.25, 0.3) is 0 Å². The molecule has 8 heteroatoms. The van der Waals surface area contributed by atoms with Gasteiger partial charge in [-0.15, -0.1) is 0 Å². The lowest BCUT2D eigenvalue weighted by Crippen LogP contribution is -2.28. The van der Waals surface area contributed by atoms with Crippen molar-refractivity contribution >= 4 is 33.2 Å². The molecule has 1 aliphatic heterocycles. The van der Waals surface area contributed by atoms with Gasteiger partial charge in [0, 0.05) is 23.9 Å². The summed E-state index contributed by atoms with van der Waals surface area (Å²) in [5.74, 6) is 0.132. The minimum Gasteiger partial charge on any atom is -0.381 e. The van der Waals surface area contributed by atoms with Gasteiger partial charge in [-0.2, -0.15) is 0 Å². The van der Waals surface area contributed by atoms with E-state index in [2.05, 4.69) is 10.6 Å². The first kappa shape index (κ1) is 19.7. The highest BCUT2D eigenvalue weighted by Gasteiger charge is 2.24. The molecular weight excluding hydrogens is 388 g/mol. The van der Waals surface area contributed by atoms with E-state index in [-0.39, 0.29) is 22.6 Å². The number of amides is 2. The van der Waals surface area contributed by atoms with Gasteiger partial charge < -0.3 is 15.4 Å². The average Bonchev–Trinajstić information content (AvgIpc) is 3.14. The fourth-order valence-corrected chi connectivity index (χ4v) is 4.58. The maximum atomic E-state index is 12.4. The Labute approximate surface area is 163 Å². The lowest BCUT2D eigenvalue weighted by Gasteiger charge is -2.11. The van der Waals surface area contributed by atoms with Gasteiger partial charge in [0.25, 0.3) is 0 Å². The molecule has 2 aromatic rings. The topological polar surface area (TPSA) is 84.5 Å². The van der Waals surface area contributed by atoms with Gasteiger partial charge in [0.15, 0.2) is 9.84 Å². The van der Waals surface area contributed by atoms with Crippen molar-refractivity contribution in [3.05, 3.63) is 59.1 Å². The van der Waals surface area contributed by atoms with Crippen LogP contribution in [0.1, 0.15) is 12.0 Å². The van der Waals surface area contributed by atoms with Crippen LogP contribution in [0.2, 0.25) is 5.02 Å². The fraction of sp³-hybridized carbons (Fsp3) is 0.316. The van der Waals surface area contributed by atoms with E-state index < -0.39 is 9.84 Å². The average molecular weight is 409 g/mol. The van der Waals surface area contributed by atoms with Crippen molar-refractivity contribution < 1.29 is 17.9 Å². The van der Waals surface area contributed by atoms with E-state index >= 15 is 0 Å². The predicted octanol–water partition coefficient (Wildman–Crippen LogP) is 3.47. The van der Waals surface area contributed by atoms with Crippen molar-refractivity contribution in [1.82, 2.24) is 5.32 Å². The van der Waals surface area contributed by atoms with E-state index in [1.165, 1.54) is 12.1 Å². The number of ether oxygens (including phenoxy) is 1. The van der Waals surface area contributed by atoms with Crippen LogP contribution in [-0.2, 0) is 21.1 Å². The monoisotopic (exact) mass is 408 g/mol. The van der Waals surface area contributed by atoms with E-state index in [1.807, 2.05) is 12.1 Å². The number of carbonyl (C=O) groups excluding carboxylic acids is 1. The number of hydrogen-bond acceptors (Lipinski definition) is 4. The lowest BCUT2D eigenvalue weighted by molar-refractivity contribution is 0.188. The Morgan fingerprint density at radius 1 is 1.11 bits per heavy atom. The second-order valence-electron chi connectivity index (χ2n) is 6.47. The molecule has 0 aliphatic carbocycles.